The Morgan fingerprint density at radius 1 is 0.436 bits per heavy atom. The molecule has 0 aromatic rings. The van der Waals surface area contributed by atoms with Crippen LogP contribution in [0, 0.1) is 0 Å². The van der Waals surface area contributed by atoms with E-state index in [1.54, 1.807) is 0 Å². The van der Waals surface area contributed by atoms with Crippen LogP contribution in [0.2, 0.25) is 15.7 Å². The first kappa shape index (κ1) is 44.0. The van der Waals surface area contributed by atoms with Crippen molar-refractivity contribution in [1.82, 2.24) is 19.3 Å². The maximum atomic E-state index is 15.1. The molecule has 0 amide bonds. The van der Waals surface area contributed by atoms with Gasteiger partial charge in [-0.15, -0.1) is 37.2 Å². The molecule has 1 aliphatic heterocycles. The molecule has 244 valence electrons. The van der Waals surface area contributed by atoms with E-state index in [0.29, 0.717) is 25.9 Å². The Kier molecular flexibility index (Phi) is 12.4. The van der Waals surface area contributed by atoms with Crippen molar-refractivity contribution in [2.24, 2.45) is 0 Å². The summed E-state index contributed by atoms with van der Waals surface area (Å²) in [5, 5.41) is 3.66. The molecule has 0 radical (unpaired) electrons. The van der Waals surface area contributed by atoms with Gasteiger partial charge in [-0.3, -0.25) is 0 Å². The SMILES string of the molecule is Cl.Cl.Cl.[CH3][Ti]([CH3])([CH3])([N]1CCCNCCCNCCCNCCC1)([C](F)(F)F)([C](F)(F)F)([C](F)(F)F)[C](F)(F)F. The van der Waals surface area contributed by atoms with E-state index < -0.39 is 74.6 Å². The van der Waals surface area contributed by atoms with Gasteiger partial charge < -0.3 is 0 Å². The summed E-state index contributed by atoms with van der Waals surface area (Å²) >= 11 is -13.6. The molecule has 1 rings (SSSR count). The predicted molar refractivity (Wildman–Crippen MR) is 132 cm³/mol. The summed E-state index contributed by atoms with van der Waals surface area (Å²) in [4.78, 5) is 0. The molecule has 0 aromatic heterocycles. The van der Waals surface area contributed by atoms with Crippen LogP contribution in [0.25, 0.3) is 0 Å². The van der Waals surface area contributed by atoms with Gasteiger partial charge in [-0.1, -0.05) is 0 Å². The van der Waals surface area contributed by atoms with E-state index in [0.717, 1.165) is 0 Å². The molecule has 3 N–H and O–H groups in total. The molecule has 4 nitrogen and oxygen atoms in total. The fraction of sp³-hybridized carbons (Fsp3) is 1.00. The second-order valence-electron chi connectivity index (χ2n) is 13.0. The van der Waals surface area contributed by atoms with Crippen molar-refractivity contribution in [3.63, 3.8) is 0 Å². The zero-order valence-electron chi connectivity index (χ0n) is 21.7. The van der Waals surface area contributed by atoms with Gasteiger partial charge in [0.15, 0.2) is 0 Å². The number of nitrogens with zero attached hydrogens (tertiary/aromatic N) is 1. The van der Waals surface area contributed by atoms with E-state index in [1.165, 1.54) is 0 Å². The monoisotopic (exact) mass is 704 g/mol. The van der Waals surface area contributed by atoms with E-state index >= 15 is 52.7 Å². The van der Waals surface area contributed by atoms with Gasteiger partial charge >= 0.3 is 195 Å². The van der Waals surface area contributed by atoms with E-state index in [-0.39, 0.29) is 63.4 Å². The van der Waals surface area contributed by atoms with Crippen molar-refractivity contribution in [1.29, 1.82) is 0 Å². The van der Waals surface area contributed by atoms with Crippen LogP contribution in [-0.4, -0.2) is 73.7 Å². The van der Waals surface area contributed by atoms with Gasteiger partial charge in [0.25, 0.3) is 0 Å². The molecule has 0 atom stereocenters. The van der Waals surface area contributed by atoms with Crippen molar-refractivity contribution >= 4 is 37.2 Å². The normalized spacial score (nSPS) is 23.3. The Labute approximate surface area is 232 Å². The number of hydrogen-bond acceptors (Lipinski definition) is 4. The van der Waals surface area contributed by atoms with Crippen LogP contribution < -0.4 is 16.0 Å². The van der Waals surface area contributed by atoms with Gasteiger partial charge in [-0.2, -0.15) is 0 Å². The van der Waals surface area contributed by atoms with Crippen LogP contribution in [0.15, 0.2) is 0 Å². The standard InChI is InChI=1S/C12H27N4.4CF3.3CH3.3ClH.Ti/c1-5-13-7-2-9-15-11-4-12-16-10-3-8-14-6-1;4*2-1(3)4;;;;;;;/h13-15H,1-12H2;;;;;3*1H3;3*1H;/q-1;;;;;;;;;;;+1. The van der Waals surface area contributed by atoms with Gasteiger partial charge in [0.05, 0.1) is 0 Å². The predicted octanol–water partition coefficient (Wildman–Crippen LogP) is 7.33. The number of hydrogen-bond donors (Lipinski definition) is 3. The fourth-order valence-electron chi connectivity index (χ4n) is 4.75. The fourth-order valence-corrected chi connectivity index (χ4v) is 14.0. The van der Waals surface area contributed by atoms with Gasteiger partial charge in [-0.05, 0) is 0 Å². The van der Waals surface area contributed by atoms with Gasteiger partial charge in [-0.25, -0.2) is 0 Å². The number of nitrogens with one attached hydrogen (secondary N) is 3. The molecule has 0 aliphatic carbocycles. The Morgan fingerprint density at radius 2 is 0.641 bits per heavy atom. The van der Waals surface area contributed by atoms with Crippen LogP contribution in [-0.2, 0) is 11.7 Å². The Morgan fingerprint density at radius 3 is 0.846 bits per heavy atom. The maximum absolute atomic E-state index is 15.1. The average Bonchev–Trinajstić information content (AvgIpc) is 2.64. The molecule has 0 saturated carbocycles. The zero-order chi connectivity index (χ0) is 28.5. The molecule has 0 bridgehead atoms. The second-order valence-corrected chi connectivity index (χ2v) is 37.4. The van der Waals surface area contributed by atoms with Crippen molar-refractivity contribution in [2.45, 2.75) is 59.3 Å². The van der Waals surface area contributed by atoms with Crippen molar-refractivity contribution in [3.05, 3.63) is 0 Å². The quantitative estimate of drug-likeness (QED) is 0.198. The first-order valence-corrected chi connectivity index (χ1v) is 20.3. The minimum atomic E-state index is -13.6. The van der Waals surface area contributed by atoms with Gasteiger partial charge in [0, 0.05) is 0 Å². The van der Waals surface area contributed by atoms with E-state index in [9.17, 15) is 0 Å². The molecule has 1 heterocycles. The molecule has 39 heavy (non-hydrogen) atoms. The van der Waals surface area contributed by atoms with Crippen LogP contribution >= 0.6 is 37.2 Å². The summed E-state index contributed by atoms with van der Waals surface area (Å²) in [5.74, 6) is 0. The van der Waals surface area contributed by atoms with E-state index in [1.807, 2.05) is 0 Å². The summed E-state index contributed by atoms with van der Waals surface area (Å²) in [5.41, 5.74) is 0. The number of rotatable bonds is 1. The third-order valence-electron chi connectivity index (χ3n) is 10.2. The molecule has 0 aromatic carbocycles. The minimum absolute atomic E-state index is 0. The van der Waals surface area contributed by atoms with Crippen LogP contribution in [0.3, 0.4) is 0 Å². The Hall–Kier alpha value is 0.584. The molecular formula is C19H39Cl3F12N4Ti. The first-order valence-electron chi connectivity index (χ1n) is 11.7. The van der Waals surface area contributed by atoms with Crippen LogP contribution in [0.1, 0.15) is 25.7 Å². The van der Waals surface area contributed by atoms with Crippen molar-refractivity contribution < 1.29 is 64.4 Å². The zero-order valence-corrected chi connectivity index (χ0v) is 25.7. The van der Waals surface area contributed by atoms with Crippen molar-refractivity contribution in [2.75, 3.05) is 52.4 Å². The second kappa shape index (κ2) is 10.9. The molecule has 1 fully saturated rings. The summed E-state index contributed by atoms with van der Waals surface area (Å²) in [6.07, 6.45) is -0.671. The third-order valence-corrected chi connectivity index (χ3v) is 33.3. The molecule has 0 unspecified atom stereocenters. The Bertz CT molecular complexity index is 750. The summed E-state index contributed by atoms with van der Waals surface area (Å²) in [6, 6.07) is 0. The van der Waals surface area contributed by atoms with E-state index in [4.69, 9.17) is 0 Å². The molecule has 1 aliphatic rings. The number of alkyl halides is 12. The van der Waals surface area contributed by atoms with Crippen LogP contribution in [0.4, 0.5) is 52.7 Å². The molecule has 20 heteroatoms. The first-order chi connectivity index (χ1) is 15.8. The van der Waals surface area contributed by atoms with Gasteiger partial charge in [0.1, 0.15) is 0 Å². The molecule has 1 saturated heterocycles. The topological polar surface area (TPSA) is 39.3 Å². The molecule has 0 spiro atoms. The molecular weight excluding hydrogens is 666 g/mol. The average molecular weight is 706 g/mol. The Balaban J connectivity index is -0.00000432. The van der Waals surface area contributed by atoms with Gasteiger partial charge in [0.2, 0.25) is 0 Å². The van der Waals surface area contributed by atoms with Crippen molar-refractivity contribution in [3.8, 4) is 0 Å². The third kappa shape index (κ3) is 3.80. The van der Waals surface area contributed by atoms with E-state index in [2.05, 4.69) is 16.0 Å². The summed E-state index contributed by atoms with van der Waals surface area (Å²) in [7, 11) is 0. The van der Waals surface area contributed by atoms with Crippen LogP contribution in [0.5, 0.6) is 0 Å². The summed E-state index contributed by atoms with van der Waals surface area (Å²) < 4.78 is 148. The number of halogens is 15. The summed E-state index contributed by atoms with van der Waals surface area (Å²) in [6.45, 7) is -2.79.